The van der Waals surface area contributed by atoms with Crippen LogP contribution in [0.2, 0.25) is 0 Å². The topological polar surface area (TPSA) is 94.0 Å². The van der Waals surface area contributed by atoms with Crippen molar-refractivity contribution >= 4 is 17.4 Å². The number of nitrogens with two attached hydrogens (primary N) is 2. The molecule has 1 saturated carbocycles. The minimum atomic E-state index is -0.495. The summed E-state index contributed by atoms with van der Waals surface area (Å²) < 4.78 is 0. The van der Waals surface area contributed by atoms with Gasteiger partial charge in [-0.15, -0.1) is 0 Å². The van der Waals surface area contributed by atoms with Crippen molar-refractivity contribution in [3.05, 3.63) is 17.8 Å². The molecule has 5 heteroatoms. The van der Waals surface area contributed by atoms with Crippen LogP contribution in [0.4, 0.5) is 11.5 Å². The zero-order chi connectivity index (χ0) is 13.0. The molecule has 1 fully saturated rings. The Morgan fingerprint density at radius 3 is 2.56 bits per heavy atom. The third kappa shape index (κ3) is 3.12. The predicted molar refractivity (Wildman–Crippen MR) is 72.3 cm³/mol. The zero-order valence-electron chi connectivity index (χ0n) is 10.5. The van der Waals surface area contributed by atoms with Gasteiger partial charge >= 0.3 is 0 Å². The third-order valence-electron chi connectivity index (χ3n) is 3.37. The van der Waals surface area contributed by atoms with Crippen molar-refractivity contribution in [1.29, 1.82) is 0 Å². The van der Waals surface area contributed by atoms with Gasteiger partial charge in [-0.05, 0) is 18.9 Å². The van der Waals surface area contributed by atoms with Crippen LogP contribution in [0.1, 0.15) is 48.9 Å². The van der Waals surface area contributed by atoms with Crippen molar-refractivity contribution in [2.45, 2.75) is 44.6 Å². The van der Waals surface area contributed by atoms with Crippen LogP contribution in [0.5, 0.6) is 0 Å². The molecule has 1 amide bonds. The van der Waals surface area contributed by atoms with E-state index in [0.717, 1.165) is 12.8 Å². The fourth-order valence-electron chi connectivity index (χ4n) is 2.40. The van der Waals surface area contributed by atoms with Crippen LogP contribution < -0.4 is 16.8 Å². The second-order valence-corrected chi connectivity index (χ2v) is 4.86. The van der Waals surface area contributed by atoms with E-state index in [0.29, 0.717) is 23.1 Å². The van der Waals surface area contributed by atoms with Gasteiger partial charge in [0, 0.05) is 6.04 Å². The average Bonchev–Trinajstić information content (AvgIpc) is 2.60. The fourth-order valence-corrected chi connectivity index (χ4v) is 2.40. The van der Waals surface area contributed by atoms with Gasteiger partial charge in [-0.3, -0.25) is 4.79 Å². The molecular formula is C13H20N4O. The summed E-state index contributed by atoms with van der Waals surface area (Å²) in [6.07, 6.45) is 8.79. The largest absolute Gasteiger partial charge is 0.397 e. The number of hydrogen-bond donors (Lipinski definition) is 3. The standard InChI is InChI=1S/C13H20N4O/c14-9-7-11(12(15)18)13(16-8-9)17-10-5-3-1-2-4-6-10/h7-8,10H,1-6,14H2,(H2,15,18)(H,16,17). The van der Waals surface area contributed by atoms with Crippen LogP contribution in [0.15, 0.2) is 12.3 Å². The zero-order valence-corrected chi connectivity index (χ0v) is 10.5. The SMILES string of the molecule is NC(=O)c1cc(N)cnc1NC1CCCCCC1. The van der Waals surface area contributed by atoms with Gasteiger partial charge in [0.15, 0.2) is 0 Å². The molecule has 98 valence electrons. The highest BCUT2D eigenvalue weighted by Crippen LogP contribution is 2.22. The molecule has 0 radical (unpaired) electrons. The molecule has 1 aliphatic rings. The summed E-state index contributed by atoms with van der Waals surface area (Å²) >= 11 is 0. The van der Waals surface area contributed by atoms with E-state index >= 15 is 0 Å². The van der Waals surface area contributed by atoms with Crippen molar-refractivity contribution in [2.24, 2.45) is 5.73 Å². The third-order valence-corrected chi connectivity index (χ3v) is 3.37. The van der Waals surface area contributed by atoms with E-state index < -0.39 is 5.91 Å². The van der Waals surface area contributed by atoms with Crippen LogP contribution in [0.3, 0.4) is 0 Å². The lowest BCUT2D eigenvalue weighted by Gasteiger charge is -2.18. The maximum Gasteiger partial charge on any atom is 0.252 e. The lowest BCUT2D eigenvalue weighted by molar-refractivity contribution is 0.100. The van der Waals surface area contributed by atoms with Gasteiger partial charge in [0.2, 0.25) is 0 Å². The lowest BCUT2D eigenvalue weighted by atomic mass is 10.1. The van der Waals surface area contributed by atoms with Gasteiger partial charge < -0.3 is 16.8 Å². The molecule has 0 bridgehead atoms. The molecule has 18 heavy (non-hydrogen) atoms. The van der Waals surface area contributed by atoms with Gasteiger partial charge in [0.05, 0.1) is 17.4 Å². The number of primary amides is 1. The van der Waals surface area contributed by atoms with Crippen molar-refractivity contribution in [1.82, 2.24) is 4.98 Å². The molecular weight excluding hydrogens is 228 g/mol. The van der Waals surface area contributed by atoms with E-state index in [9.17, 15) is 4.79 Å². The number of carbonyl (C=O) groups excluding carboxylic acids is 1. The molecule has 0 aliphatic heterocycles. The number of amides is 1. The number of nitrogens with one attached hydrogen (secondary N) is 1. The van der Waals surface area contributed by atoms with Crippen LogP contribution in [-0.2, 0) is 0 Å². The Morgan fingerprint density at radius 2 is 1.94 bits per heavy atom. The first kappa shape index (κ1) is 12.7. The van der Waals surface area contributed by atoms with Crippen molar-refractivity contribution < 1.29 is 4.79 Å². The minimum absolute atomic E-state index is 0.374. The normalized spacial score (nSPS) is 17.1. The Kier molecular flexibility index (Phi) is 4.02. The summed E-state index contributed by atoms with van der Waals surface area (Å²) in [5.41, 5.74) is 11.8. The number of anilines is 2. The Hall–Kier alpha value is -1.78. The second kappa shape index (κ2) is 5.71. The predicted octanol–water partition coefficient (Wildman–Crippen LogP) is 1.90. The molecule has 0 atom stereocenters. The first-order valence-corrected chi connectivity index (χ1v) is 6.48. The molecule has 5 N–H and O–H groups in total. The minimum Gasteiger partial charge on any atom is -0.397 e. The van der Waals surface area contributed by atoms with Crippen molar-refractivity contribution in [2.75, 3.05) is 11.1 Å². The van der Waals surface area contributed by atoms with Crippen LogP contribution in [0, 0.1) is 0 Å². The molecule has 2 rings (SSSR count). The average molecular weight is 248 g/mol. The maximum absolute atomic E-state index is 11.4. The van der Waals surface area contributed by atoms with Gasteiger partial charge in [0.25, 0.3) is 5.91 Å². The van der Waals surface area contributed by atoms with E-state index in [1.54, 1.807) is 12.3 Å². The van der Waals surface area contributed by atoms with Crippen molar-refractivity contribution in [3.8, 4) is 0 Å². The Morgan fingerprint density at radius 1 is 1.28 bits per heavy atom. The molecule has 1 aliphatic carbocycles. The summed E-state index contributed by atoms with van der Waals surface area (Å²) in [5.74, 6) is 0.0644. The van der Waals surface area contributed by atoms with Crippen molar-refractivity contribution in [3.63, 3.8) is 0 Å². The van der Waals surface area contributed by atoms with Gasteiger partial charge in [-0.2, -0.15) is 0 Å². The number of carbonyl (C=O) groups is 1. The summed E-state index contributed by atoms with van der Waals surface area (Å²) in [7, 11) is 0. The first-order valence-electron chi connectivity index (χ1n) is 6.48. The van der Waals surface area contributed by atoms with E-state index in [-0.39, 0.29) is 0 Å². The number of nitrogens with zero attached hydrogens (tertiary/aromatic N) is 1. The highest BCUT2D eigenvalue weighted by atomic mass is 16.1. The molecule has 5 nitrogen and oxygen atoms in total. The monoisotopic (exact) mass is 248 g/mol. The Labute approximate surface area is 107 Å². The number of nitrogen functional groups attached to an aromatic ring is 1. The maximum atomic E-state index is 11.4. The fraction of sp³-hybridized carbons (Fsp3) is 0.538. The molecule has 0 spiro atoms. The van der Waals surface area contributed by atoms with Crippen LogP contribution in [-0.4, -0.2) is 16.9 Å². The smallest absolute Gasteiger partial charge is 0.252 e. The number of aromatic nitrogens is 1. The highest BCUT2D eigenvalue weighted by Gasteiger charge is 2.16. The molecule has 0 saturated heterocycles. The van der Waals surface area contributed by atoms with Crippen LogP contribution in [0.25, 0.3) is 0 Å². The molecule has 1 heterocycles. The summed E-state index contributed by atoms with van der Waals surface area (Å²) in [6, 6.07) is 1.95. The van der Waals surface area contributed by atoms with E-state index in [1.165, 1.54) is 25.7 Å². The van der Waals surface area contributed by atoms with E-state index in [4.69, 9.17) is 11.5 Å². The van der Waals surface area contributed by atoms with Gasteiger partial charge in [-0.1, -0.05) is 25.7 Å². The van der Waals surface area contributed by atoms with Gasteiger partial charge in [-0.25, -0.2) is 4.98 Å². The lowest BCUT2D eigenvalue weighted by Crippen LogP contribution is -2.23. The molecule has 1 aromatic heterocycles. The van der Waals surface area contributed by atoms with Crippen LogP contribution >= 0.6 is 0 Å². The quantitative estimate of drug-likeness (QED) is 0.712. The second-order valence-electron chi connectivity index (χ2n) is 4.86. The number of hydrogen-bond acceptors (Lipinski definition) is 4. The highest BCUT2D eigenvalue weighted by molar-refractivity contribution is 5.98. The Bertz CT molecular complexity index is 425. The molecule has 0 unspecified atom stereocenters. The van der Waals surface area contributed by atoms with E-state index in [1.807, 2.05) is 0 Å². The number of pyridine rings is 1. The first-order chi connectivity index (χ1) is 8.66. The Balaban J connectivity index is 2.14. The summed E-state index contributed by atoms with van der Waals surface area (Å²) in [5, 5.41) is 3.33. The van der Waals surface area contributed by atoms with Gasteiger partial charge in [0.1, 0.15) is 5.82 Å². The molecule has 1 aromatic rings. The molecule has 0 aromatic carbocycles. The summed E-state index contributed by atoms with van der Waals surface area (Å²) in [6.45, 7) is 0. The number of rotatable bonds is 3. The van der Waals surface area contributed by atoms with E-state index in [2.05, 4.69) is 10.3 Å². The summed E-state index contributed by atoms with van der Waals surface area (Å²) in [4.78, 5) is 15.6.